The Balaban J connectivity index is 1.60. The number of aromatic nitrogens is 2. The van der Waals surface area contributed by atoms with Gasteiger partial charge in [-0.25, -0.2) is 4.98 Å². The number of benzene rings is 1. The molecule has 0 saturated carbocycles. The Labute approximate surface area is 149 Å². The molecule has 0 atom stereocenters. The third kappa shape index (κ3) is 4.35. The van der Waals surface area contributed by atoms with Gasteiger partial charge in [0.15, 0.2) is 0 Å². The first kappa shape index (κ1) is 17.4. The van der Waals surface area contributed by atoms with Gasteiger partial charge in [-0.2, -0.15) is 4.98 Å². The quantitative estimate of drug-likeness (QED) is 0.860. The monoisotopic (exact) mass is 339 g/mol. The number of hydrogen-bond acceptors (Lipinski definition) is 4. The molecule has 1 saturated heterocycles. The highest BCUT2D eigenvalue weighted by Gasteiger charge is 2.25. The molecule has 1 aromatic heterocycles. The Morgan fingerprint density at radius 3 is 2.24 bits per heavy atom. The molecule has 1 aromatic carbocycles. The van der Waals surface area contributed by atoms with Gasteiger partial charge in [0.1, 0.15) is 11.9 Å². The Hall–Kier alpha value is -2.43. The number of amides is 1. The first-order chi connectivity index (χ1) is 11.9. The van der Waals surface area contributed by atoms with E-state index in [1.54, 1.807) is 0 Å². The van der Waals surface area contributed by atoms with Gasteiger partial charge in [-0.05, 0) is 39.8 Å². The van der Waals surface area contributed by atoms with E-state index in [4.69, 9.17) is 4.74 Å². The largest absolute Gasteiger partial charge is 0.474 e. The summed E-state index contributed by atoms with van der Waals surface area (Å²) >= 11 is 0. The fourth-order valence-electron chi connectivity index (χ4n) is 3.37. The Morgan fingerprint density at radius 2 is 1.64 bits per heavy atom. The van der Waals surface area contributed by atoms with Crippen molar-refractivity contribution in [3.05, 3.63) is 52.5 Å². The van der Waals surface area contributed by atoms with Gasteiger partial charge in [0, 0.05) is 43.3 Å². The number of aryl methyl sites for hydroxylation is 4. The predicted molar refractivity (Wildman–Crippen MR) is 97.0 cm³/mol. The summed E-state index contributed by atoms with van der Waals surface area (Å²) < 4.78 is 6.00. The van der Waals surface area contributed by atoms with E-state index in [1.165, 1.54) is 0 Å². The van der Waals surface area contributed by atoms with Crippen LogP contribution in [0.2, 0.25) is 0 Å². The minimum Gasteiger partial charge on any atom is -0.474 e. The maximum absolute atomic E-state index is 12.7. The van der Waals surface area contributed by atoms with E-state index in [1.807, 2.05) is 50.8 Å². The van der Waals surface area contributed by atoms with Crippen LogP contribution in [0.1, 0.15) is 45.8 Å². The van der Waals surface area contributed by atoms with E-state index < -0.39 is 0 Å². The number of ether oxygens (including phenoxy) is 1. The summed E-state index contributed by atoms with van der Waals surface area (Å²) in [6, 6.07) is 7.87. The highest BCUT2D eigenvalue weighted by Crippen LogP contribution is 2.20. The Morgan fingerprint density at radius 1 is 1.00 bits per heavy atom. The maximum Gasteiger partial charge on any atom is 0.253 e. The van der Waals surface area contributed by atoms with Gasteiger partial charge in [-0.1, -0.05) is 17.2 Å². The molecule has 0 radical (unpaired) electrons. The van der Waals surface area contributed by atoms with E-state index in [9.17, 15) is 4.79 Å². The number of piperidine rings is 1. The summed E-state index contributed by atoms with van der Waals surface area (Å²) in [5.41, 5.74) is 3.93. The SMILES string of the molecule is Cc1cc(C)cc(C(=O)N2CCC(Oc3cc(C)nc(C)n3)CC2)c1. The van der Waals surface area contributed by atoms with E-state index in [0.717, 1.165) is 41.1 Å². The van der Waals surface area contributed by atoms with Crippen LogP contribution < -0.4 is 4.74 Å². The van der Waals surface area contributed by atoms with Gasteiger partial charge >= 0.3 is 0 Å². The van der Waals surface area contributed by atoms with Crippen molar-refractivity contribution >= 4 is 5.91 Å². The van der Waals surface area contributed by atoms with Crippen LogP contribution in [0.3, 0.4) is 0 Å². The van der Waals surface area contributed by atoms with E-state index in [0.29, 0.717) is 19.0 Å². The molecule has 5 heteroatoms. The van der Waals surface area contributed by atoms with Crippen LogP contribution in [0.25, 0.3) is 0 Å². The molecule has 1 aliphatic heterocycles. The van der Waals surface area contributed by atoms with Crippen LogP contribution in [-0.2, 0) is 0 Å². The molecule has 0 unspecified atom stereocenters. The molecule has 1 aliphatic rings. The lowest BCUT2D eigenvalue weighted by atomic mass is 10.0. The first-order valence-corrected chi connectivity index (χ1v) is 8.77. The zero-order valence-electron chi connectivity index (χ0n) is 15.4. The van der Waals surface area contributed by atoms with Crippen LogP contribution in [0.4, 0.5) is 0 Å². The van der Waals surface area contributed by atoms with Crippen molar-refractivity contribution in [2.24, 2.45) is 0 Å². The lowest BCUT2D eigenvalue weighted by Gasteiger charge is -2.32. The molecule has 0 aliphatic carbocycles. The van der Waals surface area contributed by atoms with Gasteiger partial charge in [0.25, 0.3) is 5.91 Å². The van der Waals surface area contributed by atoms with Crippen LogP contribution in [0.5, 0.6) is 5.88 Å². The minimum atomic E-state index is 0.0944. The van der Waals surface area contributed by atoms with Crippen molar-refractivity contribution in [1.82, 2.24) is 14.9 Å². The molecule has 25 heavy (non-hydrogen) atoms. The zero-order chi connectivity index (χ0) is 18.0. The van der Waals surface area contributed by atoms with Gasteiger partial charge in [-0.3, -0.25) is 4.79 Å². The second-order valence-electron chi connectivity index (χ2n) is 6.88. The second-order valence-corrected chi connectivity index (χ2v) is 6.88. The Bertz CT molecular complexity index is 740. The summed E-state index contributed by atoms with van der Waals surface area (Å²) in [6.07, 6.45) is 1.73. The van der Waals surface area contributed by atoms with Crippen LogP contribution >= 0.6 is 0 Å². The van der Waals surface area contributed by atoms with Crippen LogP contribution in [-0.4, -0.2) is 40.0 Å². The standard InChI is InChI=1S/C20H25N3O2/c1-13-9-14(2)11-17(10-13)20(24)23-7-5-18(6-8-23)25-19-12-15(3)21-16(4)22-19/h9-12,18H,5-8H2,1-4H3. The third-order valence-corrected chi connectivity index (χ3v) is 4.43. The van der Waals surface area contributed by atoms with Crippen molar-refractivity contribution in [2.75, 3.05) is 13.1 Å². The summed E-state index contributed by atoms with van der Waals surface area (Å²) in [5, 5.41) is 0. The molecule has 0 N–H and O–H groups in total. The lowest BCUT2D eigenvalue weighted by Crippen LogP contribution is -2.41. The number of carbonyl (C=O) groups excluding carboxylic acids is 1. The van der Waals surface area contributed by atoms with Crippen molar-refractivity contribution in [3.63, 3.8) is 0 Å². The van der Waals surface area contributed by atoms with Crippen molar-refractivity contribution in [1.29, 1.82) is 0 Å². The highest BCUT2D eigenvalue weighted by atomic mass is 16.5. The number of hydrogen-bond donors (Lipinski definition) is 0. The average molecular weight is 339 g/mol. The fourth-order valence-corrected chi connectivity index (χ4v) is 3.37. The van der Waals surface area contributed by atoms with E-state index >= 15 is 0 Å². The summed E-state index contributed by atoms with van der Waals surface area (Å²) in [5.74, 6) is 1.46. The molecule has 2 heterocycles. The molecule has 1 fully saturated rings. The van der Waals surface area contributed by atoms with Crippen molar-refractivity contribution < 1.29 is 9.53 Å². The van der Waals surface area contributed by atoms with Gasteiger partial charge in [0.05, 0.1) is 0 Å². The predicted octanol–water partition coefficient (Wildman–Crippen LogP) is 3.39. The molecule has 0 bridgehead atoms. The summed E-state index contributed by atoms with van der Waals surface area (Å²) in [7, 11) is 0. The van der Waals surface area contributed by atoms with E-state index in [2.05, 4.69) is 16.0 Å². The Kier molecular flexibility index (Phi) is 5.02. The lowest BCUT2D eigenvalue weighted by molar-refractivity contribution is 0.0587. The molecule has 132 valence electrons. The normalized spacial score (nSPS) is 15.3. The maximum atomic E-state index is 12.7. The number of carbonyl (C=O) groups is 1. The average Bonchev–Trinajstić information content (AvgIpc) is 2.53. The number of nitrogens with zero attached hydrogens (tertiary/aromatic N) is 3. The topological polar surface area (TPSA) is 55.3 Å². The summed E-state index contributed by atoms with van der Waals surface area (Å²) in [6.45, 7) is 9.27. The van der Waals surface area contributed by atoms with E-state index in [-0.39, 0.29) is 12.0 Å². The molecule has 3 rings (SSSR count). The molecular formula is C20H25N3O2. The fraction of sp³-hybridized carbons (Fsp3) is 0.450. The van der Waals surface area contributed by atoms with Gasteiger partial charge in [0.2, 0.25) is 5.88 Å². The summed E-state index contributed by atoms with van der Waals surface area (Å²) in [4.78, 5) is 23.2. The van der Waals surface area contributed by atoms with Crippen molar-refractivity contribution in [3.8, 4) is 5.88 Å². The number of rotatable bonds is 3. The molecule has 0 spiro atoms. The highest BCUT2D eigenvalue weighted by molar-refractivity contribution is 5.94. The van der Waals surface area contributed by atoms with Gasteiger partial charge in [-0.15, -0.1) is 0 Å². The molecule has 5 nitrogen and oxygen atoms in total. The zero-order valence-corrected chi connectivity index (χ0v) is 15.4. The van der Waals surface area contributed by atoms with Crippen LogP contribution in [0, 0.1) is 27.7 Å². The molecule has 1 amide bonds. The molecular weight excluding hydrogens is 314 g/mol. The molecule has 2 aromatic rings. The second kappa shape index (κ2) is 7.21. The van der Waals surface area contributed by atoms with Crippen LogP contribution in [0.15, 0.2) is 24.3 Å². The third-order valence-electron chi connectivity index (χ3n) is 4.43. The van der Waals surface area contributed by atoms with Crippen molar-refractivity contribution in [2.45, 2.75) is 46.6 Å². The smallest absolute Gasteiger partial charge is 0.253 e. The number of likely N-dealkylation sites (tertiary alicyclic amines) is 1. The van der Waals surface area contributed by atoms with Gasteiger partial charge < -0.3 is 9.64 Å². The first-order valence-electron chi connectivity index (χ1n) is 8.77. The minimum absolute atomic E-state index is 0.0944.